The molecular weight excluding hydrogens is 260 g/mol. The fourth-order valence-corrected chi connectivity index (χ4v) is 3.42. The molecule has 0 atom stereocenters. The van der Waals surface area contributed by atoms with Gasteiger partial charge in [0, 0.05) is 37.1 Å². The smallest absolute Gasteiger partial charge is 0.241 e. The second-order valence-electron chi connectivity index (χ2n) is 4.52. The lowest BCUT2D eigenvalue weighted by atomic mass is 10.1. The van der Waals surface area contributed by atoms with Crippen molar-refractivity contribution >= 4 is 26.5 Å². The lowest BCUT2D eigenvalue weighted by Crippen LogP contribution is -2.23. The van der Waals surface area contributed by atoms with E-state index < -0.39 is 10.0 Å². The van der Waals surface area contributed by atoms with E-state index in [0.29, 0.717) is 11.4 Å². The zero-order chi connectivity index (χ0) is 14.0. The first kappa shape index (κ1) is 13.8. The third-order valence-corrected chi connectivity index (χ3v) is 4.57. The van der Waals surface area contributed by atoms with Crippen LogP contribution in [-0.4, -0.2) is 29.1 Å². The lowest BCUT2D eigenvalue weighted by Gasteiger charge is -2.16. The molecule has 0 radical (unpaired) electrons. The van der Waals surface area contributed by atoms with Gasteiger partial charge in [0.15, 0.2) is 0 Å². The van der Waals surface area contributed by atoms with Crippen molar-refractivity contribution in [2.75, 3.05) is 25.5 Å². The third kappa shape index (κ3) is 2.57. The van der Waals surface area contributed by atoms with Gasteiger partial charge in [0.2, 0.25) is 10.0 Å². The van der Waals surface area contributed by atoms with Gasteiger partial charge in [-0.05, 0) is 12.1 Å². The second-order valence-corrected chi connectivity index (χ2v) is 6.26. The first-order valence-corrected chi connectivity index (χ1v) is 7.64. The Hall–Kier alpha value is -1.59. The highest BCUT2D eigenvalue weighted by atomic mass is 32.2. The van der Waals surface area contributed by atoms with Crippen molar-refractivity contribution in [1.82, 2.24) is 4.72 Å². The molecule has 0 heterocycles. The van der Waals surface area contributed by atoms with E-state index in [0.717, 1.165) is 16.5 Å². The summed E-state index contributed by atoms with van der Waals surface area (Å²) < 4.78 is 26.9. The van der Waals surface area contributed by atoms with Gasteiger partial charge in [-0.1, -0.05) is 31.2 Å². The van der Waals surface area contributed by atoms with E-state index in [9.17, 15) is 8.42 Å². The standard InChI is InChI=1S/C14H18N2O2S/c1-4-15-19(17,18)14-10-6-7-11-12(14)8-5-9-13(11)16(2)3/h5-10,15H,4H2,1-3H3. The van der Waals surface area contributed by atoms with Crippen molar-refractivity contribution in [3.63, 3.8) is 0 Å². The highest BCUT2D eigenvalue weighted by Crippen LogP contribution is 2.29. The molecule has 2 aromatic carbocycles. The van der Waals surface area contributed by atoms with Crippen LogP contribution in [0.5, 0.6) is 0 Å². The van der Waals surface area contributed by atoms with E-state index in [1.54, 1.807) is 19.1 Å². The highest BCUT2D eigenvalue weighted by molar-refractivity contribution is 7.89. The molecule has 19 heavy (non-hydrogen) atoms. The van der Waals surface area contributed by atoms with Crippen molar-refractivity contribution in [3.05, 3.63) is 36.4 Å². The van der Waals surface area contributed by atoms with Crippen LogP contribution < -0.4 is 9.62 Å². The average molecular weight is 278 g/mol. The van der Waals surface area contributed by atoms with Crippen molar-refractivity contribution in [1.29, 1.82) is 0 Å². The third-order valence-electron chi connectivity index (χ3n) is 2.96. The van der Waals surface area contributed by atoms with Gasteiger partial charge in [0.05, 0.1) is 4.90 Å². The Morgan fingerprint density at radius 3 is 2.32 bits per heavy atom. The molecule has 0 aliphatic carbocycles. The van der Waals surface area contributed by atoms with Crippen molar-refractivity contribution in [2.24, 2.45) is 0 Å². The molecule has 0 bridgehead atoms. The summed E-state index contributed by atoms with van der Waals surface area (Å²) in [5.41, 5.74) is 1.01. The lowest BCUT2D eigenvalue weighted by molar-refractivity contribution is 0.585. The molecule has 4 nitrogen and oxygen atoms in total. The monoisotopic (exact) mass is 278 g/mol. The van der Waals surface area contributed by atoms with Crippen LogP contribution in [0.1, 0.15) is 6.92 Å². The SMILES string of the molecule is CCNS(=O)(=O)c1cccc2c(N(C)C)cccc12. The first-order valence-electron chi connectivity index (χ1n) is 6.16. The fourth-order valence-electron chi connectivity index (χ4n) is 2.16. The summed E-state index contributed by atoms with van der Waals surface area (Å²) in [6, 6.07) is 11.1. The van der Waals surface area contributed by atoms with Crippen molar-refractivity contribution in [2.45, 2.75) is 11.8 Å². The summed E-state index contributed by atoms with van der Waals surface area (Å²) in [6.45, 7) is 2.15. The number of benzene rings is 2. The maximum atomic E-state index is 12.2. The number of rotatable bonds is 4. The predicted molar refractivity (Wildman–Crippen MR) is 79.1 cm³/mol. The Balaban J connectivity index is 2.75. The van der Waals surface area contributed by atoms with E-state index in [-0.39, 0.29) is 0 Å². The summed E-state index contributed by atoms with van der Waals surface area (Å²) in [4.78, 5) is 2.31. The highest BCUT2D eigenvalue weighted by Gasteiger charge is 2.17. The van der Waals surface area contributed by atoms with E-state index in [1.165, 1.54) is 0 Å². The summed E-state index contributed by atoms with van der Waals surface area (Å²) in [5, 5.41) is 1.68. The predicted octanol–water partition coefficient (Wildman–Crippen LogP) is 2.20. The van der Waals surface area contributed by atoms with Crippen LogP contribution in [0.15, 0.2) is 41.3 Å². The largest absolute Gasteiger partial charge is 0.377 e. The van der Waals surface area contributed by atoms with E-state index in [4.69, 9.17) is 0 Å². The number of hydrogen-bond acceptors (Lipinski definition) is 3. The van der Waals surface area contributed by atoms with Crippen LogP contribution in [0, 0.1) is 0 Å². The molecule has 5 heteroatoms. The van der Waals surface area contributed by atoms with E-state index >= 15 is 0 Å². The van der Waals surface area contributed by atoms with Gasteiger partial charge in [0.1, 0.15) is 0 Å². The van der Waals surface area contributed by atoms with Crippen LogP contribution in [0.25, 0.3) is 10.8 Å². The number of fused-ring (bicyclic) bond motifs is 1. The molecule has 102 valence electrons. The number of hydrogen-bond donors (Lipinski definition) is 1. The maximum Gasteiger partial charge on any atom is 0.241 e. The molecule has 0 amide bonds. The molecule has 0 fully saturated rings. The second kappa shape index (κ2) is 5.19. The van der Waals surface area contributed by atoms with E-state index in [2.05, 4.69) is 4.72 Å². The van der Waals surface area contributed by atoms with Crippen LogP contribution in [0.2, 0.25) is 0 Å². The molecular formula is C14H18N2O2S. The topological polar surface area (TPSA) is 49.4 Å². The molecule has 1 N–H and O–H groups in total. The minimum atomic E-state index is -3.45. The summed E-state index contributed by atoms with van der Waals surface area (Å²) in [7, 11) is 0.441. The Morgan fingerprint density at radius 2 is 1.68 bits per heavy atom. The molecule has 0 aliphatic rings. The van der Waals surface area contributed by atoms with Crippen LogP contribution in [0.4, 0.5) is 5.69 Å². The number of nitrogens with zero attached hydrogens (tertiary/aromatic N) is 1. The Labute approximate surface area is 114 Å². The summed E-state index contributed by atoms with van der Waals surface area (Å²) in [6.07, 6.45) is 0. The number of sulfonamides is 1. The van der Waals surface area contributed by atoms with Gasteiger partial charge in [0.25, 0.3) is 0 Å². The Kier molecular flexibility index (Phi) is 3.78. The van der Waals surface area contributed by atoms with Crippen LogP contribution in [0.3, 0.4) is 0 Å². The van der Waals surface area contributed by atoms with Gasteiger partial charge in [-0.15, -0.1) is 0 Å². The minimum Gasteiger partial charge on any atom is -0.377 e. The zero-order valence-electron chi connectivity index (χ0n) is 11.3. The zero-order valence-corrected chi connectivity index (χ0v) is 12.2. The van der Waals surface area contributed by atoms with Gasteiger partial charge in [-0.2, -0.15) is 0 Å². The molecule has 0 unspecified atom stereocenters. The minimum absolute atomic E-state index is 0.329. The van der Waals surface area contributed by atoms with Gasteiger partial charge < -0.3 is 4.90 Å². The van der Waals surface area contributed by atoms with Gasteiger partial charge >= 0.3 is 0 Å². The molecule has 0 aliphatic heterocycles. The maximum absolute atomic E-state index is 12.2. The fraction of sp³-hybridized carbons (Fsp3) is 0.286. The molecule has 0 saturated heterocycles. The van der Waals surface area contributed by atoms with Crippen molar-refractivity contribution in [3.8, 4) is 0 Å². The Bertz CT molecular complexity index is 694. The van der Waals surface area contributed by atoms with Gasteiger partial charge in [-0.25, -0.2) is 13.1 Å². The average Bonchev–Trinajstić information content (AvgIpc) is 2.37. The summed E-state index contributed by atoms with van der Waals surface area (Å²) in [5.74, 6) is 0. The van der Waals surface area contributed by atoms with E-state index in [1.807, 2.05) is 43.3 Å². The molecule has 0 spiro atoms. The first-order chi connectivity index (χ1) is 8.97. The number of anilines is 1. The normalized spacial score (nSPS) is 11.7. The molecule has 2 rings (SSSR count). The molecule has 0 aromatic heterocycles. The summed E-state index contributed by atoms with van der Waals surface area (Å²) >= 11 is 0. The molecule has 0 saturated carbocycles. The quantitative estimate of drug-likeness (QED) is 0.933. The van der Waals surface area contributed by atoms with Crippen LogP contribution in [-0.2, 0) is 10.0 Å². The number of nitrogens with one attached hydrogen (secondary N) is 1. The van der Waals surface area contributed by atoms with Crippen LogP contribution >= 0.6 is 0 Å². The van der Waals surface area contributed by atoms with Crippen molar-refractivity contribution < 1.29 is 8.42 Å². The van der Waals surface area contributed by atoms with Gasteiger partial charge in [-0.3, -0.25) is 0 Å². The molecule has 2 aromatic rings. The Morgan fingerprint density at radius 1 is 1.05 bits per heavy atom.